The lowest BCUT2D eigenvalue weighted by molar-refractivity contribution is 0.0218. The summed E-state index contributed by atoms with van der Waals surface area (Å²) in [6.45, 7) is 11.8. The highest BCUT2D eigenvalue weighted by atomic mass is 16.6. The molecule has 1 saturated heterocycles. The van der Waals surface area contributed by atoms with E-state index in [0.717, 1.165) is 71.2 Å². The van der Waals surface area contributed by atoms with E-state index in [9.17, 15) is 14.4 Å². The number of ether oxygens (including phenoxy) is 2. The monoisotopic (exact) mass is 665 g/mol. The summed E-state index contributed by atoms with van der Waals surface area (Å²) in [7, 11) is 0. The summed E-state index contributed by atoms with van der Waals surface area (Å²) in [5, 5.41) is 6.03. The van der Waals surface area contributed by atoms with E-state index in [-0.39, 0.29) is 30.1 Å². The fourth-order valence-electron chi connectivity index (χ4n) is 6.64. The molecule has 3 atom stereocenters. The first-order valence-corrected chi connectivity index (χ1v) is 17.2. The minimum atomic E-state index is -0.576. The number of likely N-dealkylation sites (tertiary alicyclic amines) is 1. The summed E-state index contributed by atoms with van der Waals surface area (Å²) in [6.07, 6.45) is 3.51. The Bertz CT molecular complexity index is 1820. The van der Waals surface area contributed by atoms with Crippen LogP contribution in [-0.2, 0) is 9.47 Å². The lowest BCUT2D eigenvalue weighted by Gasteiger charge is -2.27. The molecule has 3 amide bonds. The number of imidazole rings is 1. The Balaban J connectivity index is 1.09. The van der Waals surface area contributed by atoms with E-state index >= 15 is 0 Å². The molecule has 1 aromatic heterocycles. The SMILES string of the molecule is CC(C)(C)OC(=O)N[C@@H]1CCC[C@H]1NC(=O)c1ccc(-c2ccc(-c3ccc4nc([C@@H]5CCCN5C(=O)OC(C)(C)C)[nH]c4c3)cc2)cc1. The molecule has 3 N–H and O–H groups in total. The number of carbonyl (C=O) groups excluding carboxylic acids is 3. The van der Waals surface area contributed by atoms with Crippen LogP contribution in [0, 0.1) is 0 Å². The van der Waals surface area contributed by atoms with E-state index < -0.39 is 17.3 Å². The summed E-state index contributed by atoms with van der Waals surface area (Å²) in [5.74, 6) is 0.621. The van der Waals surface area contributed by atoms with Crippen LogP contribution in [0.5, 0.6) is 0 Å². The van der Waals surface area contributed by atoms with Crippen molar-refractivity contribution >= 4 is 29.1 Å². The number of H-pyrrole nitrogens is 1. The van der Waals surface area contributed by atoms with Gasteiger partial charge in [-0.2, -0.15) is 0 Å². The zero-order valence-corrected chi connectivity index (χ0v) is 29.3. The average molecular weight is 666 g/mol. The molecule has 10 heteroatoms. The number of rotatable bonds is 6. The number of nitrogens with one attached hydrogen (secondary N) is 3. The van der Waals surface area contributed by atoms with Crippen LogP contribution in [0.15, 0.2) is 66.7 Å². The van der Waals surface area contributed by atoms with Crippen molar-refractivity contribution in [2.24, 2.45) is 0 Å². The third-order valence-corrected chi connectivity index (χ3v) is 8.93. The number of nitrogens with zero attached hydrogens (tertiary/aromatic N) is 2. The molecule has 0 spiro atoms. The van der Waals surface area contributed by atoms with Gasteiger partial charge in [0.15, 0.2) is 0 Å². The molecular weight excluding hydrogens is 618 g/mol. The Hall–Kier alpha value is -4.86. The second kappa shape index (κ2) is 13.6. The Labute approximate surface area is 288 Å². The zero-order valence-electron chi connectivity index (χ0n) is 29.3. The van der Waals surface area contributed by atoms with Crippen molar-refractivity contribution in [3.05, 3.63) is 78.1 Å². The van der Waals surface area contributed by atoms with Crippen LogP contribution >= 0.6 is 0 Å². The third-order valence-electron chi connectivity index (χ3n) is 8.93. The number of fused-ring (bicyclic) bond motifs is 1. The van der Waals surface area contributed by atoms with Crippen LogP contribution in [0.3, 0.4) is 0 Å². The van der Waals surface area contributed by atoms with Gasteiger partial charge in [0.25, 0.3) is 5.91 Å². The van der Waals surface area contributed by atoms with E-state index in [1.165, 1.54) is 0 Å². The minimum Gasteiger partial charge on any atom is -0.444 e. The molecule has 2 heterocycles. The van der Waals surface area contributed by atoms with Gasteiger partial charge in [0.1, 0.15) is 17.0 Å². The third kappa shape index (κ3) is 8.24. The Kier molecular flexibility index (Phi) is 9.42. The van der Waals surface area contributed by atoms with Crippen LogP contribution in [0.1, 0.15) is 95.9 Å². The average Bonchev–Trinajstić information content (AvgIpc) is 3.79. The molecule has 10 nitrogen and oxygen atoms in total. The fourth-order valence-corrected chi connectivity index (χ4v) is 6.64. The number of benzene rings is 3. The van der Waals surface area contributed by atoms with E-state index in [1.807, 2.05) is 71.9 Å². The predicted octanol–water partition coefficient (Wildman–Crippen LogP) is 8.14. The van der Waals surface area contributed by atoms with Crippen molar-refractivity contribution in [2.75, 3.05) is 6.54 Å². The standard InChI is InChI=1S/C39H47N5O5/c1-38(2,3)48-36(46)43-30-10-7-9-29(30)42-35(45)27-18-16-25(17-19-27)24-12-14-26(15-13-24)28-20-21-31-32(23-28)41-34(40-31)33-11-8-22-44(33)37(47)49-39(4,5)6/h12-21,23,29-30,33H,7-11,22H2,1-6H3,(H,40,41)(H,42,45)(H,43,46)/t29-,30-,33+/m1/s1. The summed E-state index contributed by atoms with van der Waals surface area (Å²) in [4.78, 5) is 48.3. The Morgan fingerprint density at radius 2 is 1.31 bits per heavy atom. The highest BCUT2D eigenvalue weighted by Crippen LogP contribution is 2.34. The van der Waals surface area contributed by atoms with Crippen LogP contribution in [0.2, 0.25) is 0 Å². The van der Waals surface area contributed by atoms with Crippen molar-refractivity contribution in [1.29, 1.82) is 0 Å². The van der Waals surface area contributed by atoms with Crippen molar-refractivity contribution in [3.63, 3.8) is 0 Å². The van der Waals surface area contributed by atoms with Gasteiger partial charge >= 0.3 is 12.2 Å². The smallest absolute Gasteiger partial charge is 0.410 e. The van der Waals surface area contributed by atoms with Gasteiger partial charge in [-0.15, -0.1) is 0 Å². The first-order chi connectivity index (χ1) is 23.2. The molecule has 1 saturated carbocycles. The van der Waals surface area contributed by atoms with Crippen LogP contribution in [0.4, 0.5) is 9.59 Å². The number of aromatic amines is 1. The lowest BCUT2D eigenvalue weighted by Crippen LogP contribution is -2.49. The van der Waals surface area contributed by atoms with Gasteiger partial charge in [-0.05, 0) is 120 Å². The highest BCUT2D eigenvalue weighted by Gasteiger charge is 2.35. The molecule has 0 unspecified atom stereocenters. The fraction of sp³-hybridized carbons (Fsp3) is 0.436. The number of amides is 3. The second-order valence-electron chi connectivity index (χ2n) is 15.1. The van der Waals surface area contributed by atoms with Crippen molar-refractivity contribution in [1.82, 2.24) is 25.5 Å². The maximum atomic E-state index is 13.1. The molecule has 0 radical (unpaired) electrons. The second-order valence-corrected chi connectivity index (χ2v) is 15.1. The molecular formula is C39H47N5O5. The molecule has 0 bridgehead atoms. The topological polar surface area (TPSA) is 126 Å². The van der Waals surface area contributed by atoms with E-state index in [4.69, 9.17) is 14.5 Å². The van der Waals surface area contributed by atoms with Crippen LogP contribution < -0.4 is 10.6 Å². The number of hydrogen-bond donors (Lipinski definition) is 3. The molecule has 49 heavy (non-hydrogen) atoms. The largest absolute Gasteiger partial charge is 0.444 e. The number of hydrogen-bond acceptors (Lipinski definition) is 6. The summed E-state index contributed by atoms with van der Waals surface area (Å²) >= 11 is 0. The maximum Gasteiger partial charge on any atom is 0.410 e. The van der Waals surface area contributed by atoms with E-state index in [2.05, 4.69) is 52.0 Å². The van der Waals surface area contributed by atoms with Crippen molar-refractivity contribution in [3.8, 4) is 22.3 Å². The predicted molar refractivity (Wildman–Crippen MR) is 190 cm³/mol. The zero-order chi connectivity index (χ0) is 34.9. The Morgan fingerprint density at radius 3 is 1.94 bits per heavy atom. The van der Waals surface area contributed by atoms with E-state index in [1.54, 1.807) is 4.90 Å². The maximum absolute atomic E-state index is 13.1. The summed E-state index contributed by atoms with van der Waals surface area (Å²) in [5.41, 5.74) is 5.41. The normalized spacial score (nSPS) is 19.6. The molecule has 1 aliphatic heterocycles. The van der Waals surface area contributed by atoms with Gasteiger partial charge in [-0.1, -0.05) is 42.5 Å². The molecule has 258 valence electrons. The highest BCUT2D eigenvalue weighted by molar-refractivity contribution is 5.95. The quantitative estimate of drug-likeness (QED) is 0.191. The van der Waals surface area contributed by atoms with Gasteiger partial charge < -0.3 is 25.1 Å². The summed E-state index contributed by atoms with van der Waals surface area (Å²) in [6, 6.07) is 21.7. The molecule has 2 aliphatic rings. The van der Waals surface area contributed by atoms with Crippen LogP contribution in [-0.4, -0.2) is 62.8 Å². The van der Waals surface area contributed by atoms with Gasteiger partial charge in [-0.25, -0.2) is 14.6 Å². The lowest BCUT2D eigenvalue weighted by atomic mass is 9.99. The number of carbonyl (C=O) groups is 3. The van der Waals surface area contributed by atoms with Gasteiger partial charge in [0.2, 0.25) is 0 Å². The van der Waals surface area contributed by atoms with Gasteiger partial charge in [-0.3, -0.25) is 9.69 Å². The molecule has 6 rings (SSSR count). The van der Waals surface area contributed by atoms with E-state index in [0.29, 0.717) is 12.1 Å². The molecule has 3 aromatic carbocycles. The van der Waals surface area contributed by atoms with Gasteiger partial charge in [0, 0.05) is 18.2 Å². The van der Waals surface area contributed by atoms with Gasteiger partial charge in [0.05, 0.1) is 23.1 Å². The molecule has 2 fully saturated rings. The minimum absolute atomic E-state index is 0.136. The first-order valence-electron chi connectivity index (χ1n) is 17.2. The molecule has 4 aromatic rings. The first kappa shape index (κ1) is 34.0. The molecule has 1 aliphatic carbocycles. The van der Waals surface area contributed by atoms with Crippen molar-refractivity contribution < 1.29 is 23.9 Å². The summed E-state index contributed by atoms with van der Waals surface area (Å²) < 4.78 is 11.0. The number of alkyl carbamates (subject to hydrolysis) is 1. The van der Waals surface area contributed by atoms with Crippen molar-refractivity contribution in [2.45, 2.75) is 103 Å². The van der Waals surface area contributed by atoms with Crippen LogP contribution in [0.25, 0.3) is 33.3 Å². The number of aromatic nitrogens is 2. The Morgan fingerprint density at radius 1 is 0.735 bits per heavy atom.